The van der Waals surface area contributed by atoms with E-state index in [1.165, 1.54) is 19.2 Å². The summed E-state index contributed by atoms with van der Waals surface area (Å²) in [6.07, 6.45) is -0.845. The lowest BCUT2D eigenvalue weighted by atomic mass is 9.95. The van der Waals surface area contributed by atoms with Crippen LogP contribution in [0.2, 0.25) is 0 Å². The zero-order valence-electron chi connectivity index (χ0n) is 16.4. The predicted molar refractivity (Wildman–Crippen MR) is 106 cm³/mol. The molecule has 0 saturated heterocycles. The van der Waals surface area contributed by atoms with E-state index in [0.717, 1.165) is 31.7 Å². The lowest BCUT2D eigenvalue weighted by molar-refractivity contribution is -0.138. The molecule has 0 aromatic heterocycles. The van der Waals surface area contributed by atoms with Gasteiger partial charge >= 0.3 is 6.18 Å². The molecule has 1 aliphatic rings. The SMILES string of the molecule is CCS(=O)C1CCCC(NC(=NC)NCc2ccc(OC)cc2C(F)(F)F)C1. The number of halogens is 3. The summed E-state index contributed by atoms with van der Waals surface area (Å²) in [5, 5.41) is 6.39. The molecular weight excluding hydrogens is 391 g/mol. The molecule has 2 N–H and O–H groups in total. The highest BCUT2D eigenvalue weighted by Crippen LogP contribution is 2.34. The molecule has 1 aromatic carbocycles. The van der Waals surface area contributed by atoms with E-state index in [9.17, 15) is 17.4 Å². The number of nitrogens with one attached hydrogen (secondary N) is 2. The van der Waals surface area contributed by atoms with Crippen molar-refractivity contribution >= 4 is 16.8 Å². The molecule has 3 atom stereocenters. The van der Waals surface area contributed by atoms with Crippen LogP contribution in [0.15, 0.2) is 23.2 Å². The van der Waals surface area contributed by atoms with Crippen molar-refractivity contribution in [1.82, 2.24) is 10.6 Å². The summed E-state index contributed by atoms with van der Waals surface area (Å²) >= 11 is 0. The van der Waals surface area contributed by atoms with Crippen molar-refractivity contribution in [1.29, 1.82) is 0 Å². The maximum absolute atomic E-state index is 13.3. The Balaban J connectivity index is 2.02. The first kappa shape index (κ1) is 22.5. The van der Waals surface area contributed by atoms with Gasteiger partial charge in [-0.2, -0.15) is 13.2 Å². The van der Waals surface area contributed by atoms with Gasteiger partial charge in [0.25, 0.3) is 0 Å². The molecule has 2 rings (SSSR count). The van der Waals surface area contributed by atoms with Gasteiger partial charge in [-0.3, -0.25) is 9.20 Å². The number of aliphatic imine (C=N–C) groups is 1. The molecule has 0 heterocycles. The highest BCUT2D eigenvalue weighted by molar-refractivity contribution is 7.85. The lowest BCUT2D eigenvalue weighted by Crippen LogP contribution is -2.46. The number of guanidine groups is 1. The molecular formula is C19H28F3N3O2S. The Morgan fingerprint density at radius 1 is 1.36 bits per heavy atom. The second-order valence-electron chi connectivity index (χ2n) is 6.75. The van der Waals surface area contributed by atoms with E-state index in [0.29, 0.717) is 11.7 Å². The van der Waals surface area contributed by atoms with Crippen molar-refractivity contribution < 1.29 is 22.1 Å². The third kappa shape index (κ3) is 6.12. The summed E-state index contributed by atoms with van der Waals surface area (Å²) in [5.74, 6) is 1.25. The van der Waals surface area contributed by atoms with Crippen LogP contribution in [0.1, 0.15) is 43.7 Å². The van der Waals surface area contributed by atoms with Crippen LogP contribution in [-0.2, 0) is 23.5 Å². The number of nitrogens with zero attached hydrogens (tertiary/aromatic N) is 1. The molecule has 3 unspecified atom stereocenters. The summed E-state index contributed by atoms with van der Waals surface area (Å²) in [6, 6.07) is 4.02. The summed E-state index contributed by atoms with van der Waals surface area (Å²) < 4.78 is 57.0. The molecule has 0 spiro atoms. The second kappa shape index (κ2) is 10.1. The number of ether oxygens (including phenoxy) is 1. The molecule has 1 aliphatic carbocycles. The van der Waals surface area contributed by atoms with Gasteiger partial charge < -0.3 is 15.4 Å². The van der Waals surface area contributed by atoms with Gasteiger partial charge in [-0.05, 0) is 37.0 Å². The third-order valence-corrected chi connectivity index (χ3v) is 6.66. The molecule has 5 nitrogen and oxygen atoms in total. The van der Waals surface area contributed by atoms with Crippen LogP contribution in [0.4, 0.5) is 13.2 Å². The van der Waals surface area contributed by atoms with Crippen molar-refractivity contribution in [2.75, 3.05) is 19.9 Å². The number of rotatable bonds is 6. The van der Waals surface area contributed by atoms with E-state index >= 15 is 0 Å². The van der Waals surface area contributed by atoms with Crippen LogP contribution < -0.4 is 15.4 Å². The standard InChI is InChI=1S/C19H28F3N3O2S/c1-4-28(26)16-7-5-6-14(10-16)25-18(23-2)24-12-13-8-9-15(27-3)11-17(13)19(20,21)22/h8-9,11,14,16H,4-7,10,12H2,1-3H3,(H2,23,24,25). The topological polar surface area (TPSA) is 62.7 Å². The minimum absolute atomic E-state index is 0.0183. The van der Waals surface area contributed by atoms with Gasteiger partial charge in [0.05, 0.1) is 12.7 Å². The predicted octanol–water partition coefficient (Wildman–Crippen LogP) is 3.46. The summed E-state index contributed by atoms with van der Waals surface area (Å²) in [5.41, 5.74) is -0.615. The summed E-state index contributed by atoms with van der Waals surface area (Å²) in [6.45, 7) is 1.90. The first-order valence-electron chi connectivity index (χ1n) is 9.37. The molecule has 1 fully saturated rings. The van der Waals surface area contributed by atoms with Crippen molar-refractivity contribution in [3.63, 3.8) is 0 Å². The number of hydrogen-bond acceptors (Lipinski definition) is 3. The van der Waals surface area contributed by atoms with Crippen LogP contribution in [0.3, 0.4) is 0 Å². The minimum Gasteiger partial charge on any atom is -0.497 e. The molecule has 9 heteroatoms. The number of hydrogen-bond donors (Lipinski definition) is 2. The fourth-order valence-electron chi connectivity index (χ4n) is 3.42. The Morgan fingerprint density at radius 2 is 2.11 bits per heavy atom. The molecule has 0 radical (unpaired) electrons. The Kier molecular flexibility index (Phi) is 8.15. The molecule has 158 valence electrons. The largest absolute Gasteiger partial charge is 0.497 e. The fourth-order valence-corrected chi connectivity index (χ4v) is 4.77. The normalized spacial score (nSPS) is 21.9. The Morgan fingerprint density at radius 3 is 2.71 bits per heavy atom. The van der Waals surface area contributed by atoms with E-state index in [1.807, 2.05) is 6.92 Å². The molecule has 1 saturated carbocycles. The highest BCUT2D eigenvalue weighted by atomic mass is 32.2. The van der Waals surface area contributed by atoms with Crippen molar-refractivity contribution in [3.8, 4) is 5.75 Å². The molecule has 28 heavy (non-hydrogen) atoms. The van der Waals surface area contributed by atoms with E-state index < -0.39 is 22.5 Å². The maximum atomic E-state index is 13.3. The average molecular weight is 420 g/mol. The first-order valence-corrected chi connectivity index (χ1v) is 10.7. The van der Waals surface area contributed by atoms with Crippen molar-refractivity contribution in [3.05, 3.63) is 29.3 Å². The fraction of sp³-hybridized carbons (Fsp3) is 0.632. The van der Waals surface area contributed by atoms with E-state index in [-0.39, 0.29) is 29.1 Å². The van der Waals surface area contributed by atoms with Crippen LogP contribution in [0, 0.1) is 0 Å². The highest BCUT2D eigenvalue weighted by Gasteiger charge is 2.34. The first-order chi connectivity index (χ1) is 13.3. The summed E-state index contributed by atoms with van der Waals surface area (Å²) in [4.78, 5) is 4.13. The van der Waals surface area contributed by atoms with E-state index in [2.05, 4.69) is 15.6 Å². The van der Waals surface area contributed by atoms with E-state index in [1.54, 1.807) is 7.05 Å². The molecule has 1 aromatic rings. The molecule has 0 bridgehead atoms. The van der Waals surface area contributed by atoms with Gasteiger partial charge in [0.2, 0.25) is 0 Å². The van der Waals surface area contributed by atoms with Crippen molar-refractivity contribution in [2.24, 2.45) is 4.99 Å². The quantitative estimate of drug-likeness (QED) is 0.548. The molecule has 0 amide bonds. The average Bonchev–Trinajstić information content (AvgIpc) is 2.69. The maximum Gasteiger partial charge on any atom is 0.416 e. The zero-order chi connectivity index (χ0) is 20.7. The van der Waals surface area contributed by atoms with Crippen LogP contribution in [-0.4, -0.2) is 41.4 Å². The minimum atomic E-state index is -4.47. The monoisotopic (exact) mass is 419 g/mol. The van der Waals surface area contributed by atoms with Gasteiger partial charge in [-0.1, -0.05) is 19.4 Å². The van der Waals surface area contributed by atoms with E-state index in [4.69, 9.17) is 4.74 Å². The Hall–Kier alpha value is -1.77. The van der Waals surface area contributed by atoms with Gasteiger partial charge in [-0.15, -0.1) is 0 Å². The number of benzene rings is 1. The number of methoxy groups -OCH3 is 1. The second-order valence-corrected chi connectivity index (χ2v) is 8.75. The van der Waals surface area contributed by atoms with Crippen LogP contribution in [0.5, 0.6) is 5.75 Å². The Labute approximate surface area is 166 Å². The lowest BCUT2D eigenvalue weighted by Gasteiger charge is -2.30. The number of alkyl halides is 3. The van der Waals surface area contributed by atoms with Gasteiger partial charge in [0.1, 0.15) is 5.75 Å². The Bertz CT molecular complexity index is 710. The third-order valence-electron chi connectivity index (χ3n) is 4.92. The summed E-state index contributed by atoms with van der Waals surface area (Å²) in [7, 11) is 2.08. The van der Waals surface area contributed by atoms with Crippen LogP contribution in [0.25, 0.3) is 0 Å². The molecule has 0 aliphatic heterocycles. The van der Waals surface area contributed by atoms with Crippen LogP contribution >= 0.6 is 0 Å². The van der Waals surface area contributed by atoms with Gasteiger partial charge in [0, 0.05) is 41.4 Å². The van der Waals surface area contributed by atoms with Gasteiger partial charge in [-0.25, -0.2) is 0 Å². The van der Waals surface area contributed by atoms with Crippen molar-refractivity contribution in [2.45, 2.75) is 56.6 Å². The zero-order valence-corrected chi connectivity index (χ0v) is 17.3. The van der Waals surface area contributed by atoms with Gasteiger partial charge in [0.15, 0.2) is 5.96 Å². The smallest absolute Gasteiger partial charge is 0.416 e.